The van der Waals surface area contributed by atoms with E-state index in [2.05, 4.69) is 172 Å². The van der Waals surface area contributed by atoms with Gasteiger partial charge in [0.05, 0.1) is 30.5 Å². The summed E-state index contributed by atoms with van der Waals surface area (Å²) in [6.45, 7) is 34.8. The monoisotopic (exact) mass is 1330 g/mol. The first-order valence-corrected chi connectivity index (χ1v) is 39.7. The van der Waals surface area contributed by atoms with Crippen LogP contribution in [-0.2, 0) is 4.79 Å². The number of hydrogen-bond donors (Lipinski definition) is 5. The summed E-state index contributed by atoms with van der Waals surface area (Å²) in [6, 6.07) is 0. The van der Waals surface area contributed by atoms with Crippen LogP contribution in [0.1, 0.15) is 355 Å². The average molecular weight is 1330 g/mol. The molecule has 11 atom stereocenters. The van der Waals surface area contributed by atoms with Crippen LogP contribution < -0.4 is 0 Å². The lowest BCUT2D eigenvalue weighted by Crippen LogP contribution is -2.17. The maximum Gasteiger partial charge on any atom is 0.136 e. The van der Waals surface area contributed by atoms with Crippen molar-refractivity contribution in [3.8, 4) is 0 Å². The van der Waals surface area contributed by atoms with Crippen LogP contribution in [0.25, 0.3) is 0 Å². The third-order valence-electron chi connectivity index (χ3n) is 20.2. The summed E-state index contributed by atoms with van der Waals surface area (Å²) in [5, 5.41) is 48.0. The molecule has 6 nitrogen and oxygen atoms in total. The first kappa shape index (κ1) is 90.4. The molecule has 0 aromatic carbocycles. The first-order valence-electron chi connectivity index (χ1n) is 39.7. The van der Waals surface area contributed by atoms with Crippen LogP contribution in [0, 0.1) is 35.5 Å². The molecule has 6 rings (SSSR count). The van der Waals surface area contributed by atoms with Gasteiger partial charge in [0.1, 0.15) is 5.78 Å². The lowest BCUT2D eigenvalue weighted by atomic mass is 9.84. The van der Waals surface area contributed by atoms with Gasteiger partial charge in [0, 0.05) is 12.3 Å². The van der Waals surface area contributed by atoms with Gasteiger partial charge < -0.3 is 25.5 Å². The zero-order chi connectivity index (χ0) is 71.5. The molecule has 0 aliphatic heterocycles. The summed E-state index contributed by atoms with van der Waals surface area (Å²) in [5.74, 6) is 4.18. The van der Waals surface area contributed by atoms with Gasteiger partial charge in [-0.25, -0.2) is 0 Å². The minimum absolute atomic E-state index is 0.0498. The lowest BCUT2D eigenvalue weighted by molar-refractivity contribution is -0.120. The number of hydrogen-bond acceptors (Lipinski definition) is 6. The lowest BCUT2D eigenvalue weighted by Gasteiger charge is -2.24. The van der Waals surface area contributed by atoms with Crippen LogP contribution in [-0.4, -0.2) is 61.8 Å². The van der Waals surface area contributed by atoms with Crippen molar-refractivity contribution in [3.05, 3.63) is 141 Å². The molecule has 11 unspecified atom stereocenters. The molecule has 6 aliphatic rings. The minimum Gasteiger partial charge on any atom is -0.393 e. The van der Waals surface area contributed by atoms with E-state index in [0.717, 1.165) is 121 Å². The van der Waals surface area contributed by atoms with Crippen molar-refractivity contribution in [2.75, 3.05) is 0 Å². The molecule has 5 N–H and O–H groups in total. The Morgan fingerprint density at radius 1 is 0.406 bits per heavy atom. The van der Waals surface area contributed by atoms with E-state index in [4.69, 9.17) is 0 Å². The molecule has 2 saturated carbocycles. The van der Waals surface area contributed by atoms with Crippen molar-refractivity contribution in [1.29, 1.82) is 0 Å². The molecule has 0 spiro atoms. The molecule has 0 heterocycles. The van der Waals surface area contributed by atoms with Gasteiger partial charge >= 0.3 is 0 Å². The Kier molecular flexibility index (Phi) is 53.7. The van der Waals surface area contributed by atoms with Gasteiger partial charge in [0.25, 0.3) is 0 Å². The van der Waals surface area contributed by atoms with Crippen LogP contribution >= 0.6 is 0 Å². The third-order valence-corrected chi connectivity index (χ3v) is 20.2. The van der Waals surface area contributed by atoms with E-state index in [0.29, 0.717) is 29.5 Å². The highest BCUT2D eigenvalue weighted by Gasteiger charge is 2.25. The number of unbranched alkanes of at least 4 members (excludes halogenated alkanes) is 4. The molecule has 2 fully saturated rings. The van der Waals surface area contributed by atoms with Crippen molar-refractivity contribution in [2.45, 2.75) is 385 Å². The van der Waals surface area contributed by atoms with Gasteiger partial charge in [-0.3, -0.25) is 4.79 Å². The topological polar surface area (TPSA) is 118 Å². The van der Waals surface area contributed by atoms with Crippen LogP contribution in [0.4, 0.5) is 0 Å². The number of aliphatic hydroxyl groups excluding tert-OH is 5. The molecule has 0 amide bonds. The summed E-state index contributed by atoms with van der Waals surface area (Å²) in [7, 11) is 0. The van der Waals surface area contributed by atoms with Crippen molar-refractivity contribution < 1.29 is 30.3 Å². The van der Waals surface area contributed by atoms with Crippen molar-refractivity contribution in [1.82, 2.24) is 0 Å². The molecule has 0 aromatic heterocycles. The maximum atomic E-state index is 11.6. The fourth-order valence-electron chi connectivity index (χ4n) is 14.7. The maximum absolute atomic E-state index is 11.6. The smallest absolute Gasteiger partial charge is 0.136 e. The molecule has 0 aromatic rings. The molecule has 6 aliphatic carbocycles. The van der Waals surface area contributed by atoms with E-state index < -0.39 is 0 Å². The zero-order valence-corrected chi connectivity index (χ0v) is 65.4. The Bertz CT molecular complexity index is 2330. The minimum atomic E-state index is -0.191. The Labute approximate surface area is 594 Å². The molecule has 0 saturated heterocycles. The second-order valence-corrected chi connectivity index (χ2v) is 31.2. The standard InChI is InChI=1S/C20H34O.C20H32O.2C13H22O.2C12H22O/c2*1-16(2)8-5-9-17(3)10-6-11-18(4)14-15-19-12-7-13-20(19)21;2*1-3-4-5-6-7-12-8-11(2)9-13(14)10-12;2*1-3-4-5-6-11-7-10(2)8-12(13)9-11/h8,10,14,19-21H,5-7,9,11-13,15H2,1-4H3;8,10,14,19H,5-7,9,11-13,15H2,1-4H3;2*4-5,9,12-14H,3,6-8,10H2,1-2H3;2*8,11-13H,3-7,9H2,1-2H3/b2*17-10+,18-14+;2*5-4-;;. The van der Waals surface area contributed by atoms with E-state index in [1.54, 1.807) is 0 Å². The third kappa shape index (κ3) is 49.8. The SMILES string of the molecule is CC(C)=CCC/C(C)=C/CC/C(C)=C/CC1CCCC1=O.CC(C)=CCC/C(C)=C/CC/C(C)=C/CC1CCCC1O.CC/C=C\CCC1CC(C)=CC(O)C1.CC/C=C\CCC1CC(C)=CC(O)C1.CCCCCC1CC(C)=CC(O)C1.CCCCCC1CC(C)=CC(O)C1. The Balaban J connectivity index is 0.000000583. The zero-order valence-electron chi connectivity index (χ0n) is 65.4. The molecule has 0 bridgehead atoms. The van der Waals surface area contributed by atoms with Crippen molar-refractivity contribution in [3.63, 3.8) is 0 Å². The van der Waals surface area contributed by atoms with E-state index in [-0.39, 0.29) is 30.5 Å². The Morgan fingerprint density at radius 2 is 0.760 bits per heavy atom. The highest BCUT2D eigenvalue weighted by atomic mass is 16.3. The van der Waals surface area contributed by atoms with E-state index >= 15 is 0 Å². The summed E-state index contributed by atoms with van der Waals surface area (Å²) in [5.41, 5.74) is 14.2. The fraction of sp³-hybridized carbons (Fsp3) is 0.722. The number of aliphatic hydroxyl groups is 5. The number of carbonyl (C=O) groups excluding carboxylic acids is 1. The predicted octanol–water partition coefficient (Wildman–Crippen LogP) is 25.6. The van der Waals surface area contributed by atoms with Gasteiger partial charge in [-0.05, 0) is 292 Å². The molecule has 550 valence electrons. The molecular weight excluding hydrogens is 1180 g/mol. The molecule has 6 heteroatoms. The summed E-state index contributed by atoms with van der Waals surface area (Å²) < 4.78 is 0. The number of rotatable bonds is 32. The van der Waals surface area contributed by atoms with Gasteiger partial charge in [0.15, 0.2) is 0 Å². The van der Waals surface area contributed by atoms with E-state index in [1.807, 2.05) is 24.3 Å². The second kappa shape index (κ2) is 57.0. The van der Waals surface area contributed by atoms with Crippen molar-refractivity contribution >= 4 is 5.78 Å². The van der Waals surface area contributed by atoms with E-state index in [9.17, 15) is 30.3 Å². The molecule has 0 radical (unpaired) electrons. The fourth-order valence-corrected chi connectivity index (χ4v) is 14.7. The highest BCUT2D eigenvalue weighted by Crippen LogP contribution is 2.33. The highest BCUT2D eigenvalue weighted by molar-refractivity contribution is 5.83. The quantitative estimate of drug-likeness (QED) is 0.0338. The van der Waals surface area contributed by atoms with Gasteiger partial charge in [-0.1, -0.05) is 226 Å². The number of allylic oxidation sites excluding steroid dienone is 20. The molecule has 96 heavy (non-hydrogen) atoms. The van der Waals surface area contributed by atoms with Gasteiger partial charge in [-0.2, -0.15) is 0 Å². The van der Waals surface area contributed by atoms with Crippen LogP contribution in [0.15, 0.2) is 141 Å². The van der Waals surface area contributed by atoms with Gasteiger partial charge in [0.2, 0.25) is 0 Å². The Hall–Kier alpha value is -3.65. The largest absolute Gasteiger partial charge is 0.393 e. The van der Waals surface area contributed by atoms with E-state index in [1.165, 1.54) is 191 Å². The summed E-state index contributed by atoms with van der Waals surface area (Å²) in [4.78, 5) is 11.6. The molecular formula is C90H154O6. The summed E-state index contributed by atoms with van der Waals surface area (Å²) >= 11 is 0. The summed E-state index contributed by atoms with van der Waals surface area (Å²) in [6.07, 6.45) is 74.2. The number of carbonyl (C=O) groups is 1. The van der Waals surface area contributed by atoms with Crippen molar-refractivity contribution in [2.24, 2.45) is 35.5 Å². The first-order chi connectivity index (χ1) is 45.9. The van der Waals surface area contributed by atoms with Gasteiger partial charge in [-0.15, -0.1) is 0 Å². The second-order valence-electron chi connectivity index (χ2n) is 31.2. The number of ketones is 1. The number of Topliss-reactive ketones (excluding diaryl/α,β-unsaturated/α-hetero) is 1. The van der Waals surface area contributed by atoms with Crippen LogP contribution in [0.2, 0.25) is 0 Å². The van der Waals surface area contributed by atoms with Crippen LogP contribution in [0.3, 0.4) is 0 Å². The van der Waals surface area contributed by atoms with Crippen LogP contribution in [0.5, 0.6) is 0 Å². The normalized spacial score (nSPS) is 25.5. The predicted molar refractivity (Wildman–Crippen MR) is 421 cm³/mol. The Morgan fingerprint density at radius 3 is 1.07 bits per heavy atom. The average Bonchev–Trinajstić information content (AvgIpc) is 1.62.